The van der Waals surface area contributed by atoms with E-state index in [1.807, 2.05) is 0 Å². The molecule has 0 radical (unpaired) electrons. The van der Waals surface area contributed by atoms with Crippen molar-refractivity contribution >= 4 is 11.8 Å². The number of aryl methyl sites for hydroxylation is 1. The Bertz CT molecular complexity index is 339. The Balaban J connectivity index is 2.83. The zero-order valence-electron chi connectivity index (χ0n) is 7.95. The first-order chi connectivity index (χ1) is 6.65. The van der Waals surface area contributed by atoms with Crippen molar-refractivity contribution in [3.05, 3.63) is 23.4 Å². The second-order valence-electron chi connectivity index (χ2n) is 2.85. The predicted molar refractivity (Wildman–Crippen MR) is 53.5 cm³/mol. The Hall–Kier alpha value is -1.62. The molecular formula is C9H13N3O2. The van der Waals surface area contributed by atoms with E-state index in [4.69, 9.17) is 10.8 Å². The monoisotopic (exact) mass is 195 g/mol. The number of aromatic nitrogens is 1. The maximum Gasteiger partial charge on any atom is 0.337 e. The van der Waals surface area contributed by atoms with E-state index in [2.05, 4.69) is 10.3 Å². The van der Waals surface area contributed by atoms with Crippen LogP contribution >= 0.6 is 0 Å². The molecule has 14 heavy (non-hydrogen) atoms. The molecule has 0 unspecified atom stereocenters. The largest absolute Gasteiger partial charge is 0.478 e. The number of nitrogens with two attached hydrogens (primary N) is 1. The molecule has 0 aromatic carbocycles. The van der Waals surface area contributed by atoms with E-state index in [0.717, 1.165) is 0 Å². The summed E-state index contributed by atoms with van der Waals surface area (Å²) in [6, 6.07) is 3.16. The topological polar surface area (TPSA) is 88.2 Å². The summed E-state index contributed by atoms with van der Waals surface area (Å²) in [5, 5.41) is 11.7. The van der Waals surface area contributed by atoms with Crippen molar-refractivity contribution in [3.8, 4) is 0 Å². The van der Waals surface area contributed by atoms with Crippen molar-refractivity contribution in [1.82, 2.24) is 4.98 Å². The van der Waals surface area contributed by atoms with E-state index in [1.165, 1.54) is 6.07 Å². The number of carboxylic acids is 1. The molecule has 1 aromatic rings. The van der Waals surface area contributed by atoms with Crippen molar-refractivity contribution in [1.29, 1.82) is 0 Å². The summed E-state index contributed by atoms with van der Waals surface area (Å²) in [4.78, 5) is 14.8. The van der Waals surface area contributed by atoms with E-state index in [1.54, 1.807) is 13.0 Å². The fraction of sp³-hybridized carbons (Fsp3) is 0.333. The molecule has 0 saturated heterocycles. The van der Waals surface area contributed by atoms with Crippen LogP contribution in [0.3, 0.4) is 0 Å². The summed E-state index contributed by atoms with van der Waals surface area (Å²) < 4.78 is 0. The van der Waals surface area contributed by atoms with E-state index in [-0.39, 0.29) is 5.56 Å². The highest BCUT2D eigenvalue weighted by atomic mass is 16.4. The van der Waals surface area contributed by atoms with Crippen LogP contribution in [0.4, 0.5) is 5.82 Å². The van der Waals surface area contributed by atoms with E-state index < -0.39 is 5.97 Å². The second-order valence-corrected chi connectivity index (χ2v) is 2.85. The molecule has 1 rings (SSSR count). The lowest BCUT2D eigenvalue weighted by Crippen LogP contribution is -2.14. The Morgan fingerprint density at radius 1 is 1.64 bits per heavy atom. The molecule has 76 valence electrons. The highest BCUT2D eigenvalue weighted by Crippen LogP contribution is 2.09. The van der Waals surface area contributed by atoms with Gasteiger partial charge < -0.3 is 16.2 Å². The van der Waals surface area contributed by atoms with Crippen LogP contribution in [-0.4, -0.2) is 29.1 Å². The molecule has 5 nitrogen and oxygen atoms in total. The Kier molecular flexibility index (Phi) is 3.41. The Labute approximate surface area is 82.0 Å². The molecule has 0 aliphatic rings. The van der Waals surface area contributed by atoms with E-state index >= 15 is 0 Å². The van der Waals surface area contributed by atoms with Gasteiger partial charge in [-0.3, -0.25) is 0 Å². The SMILES string of the molecule is Cc1nc(NCCN)ccc1C(=O)O. The number of pyridine rings is 1. The van der Waals surface area contributed by atoms with Gasteiger partial charge in [-0.05, 0) is 19.1 Å². The predicted octanol–water partition coefficient (Wildman–Crippen LogP) is 0.459. The Morgan fingerprint density at radius 3 is 2.86 bits per heavy atom. The van der Waals surface area contributed by atoms with Gasteiger partial charge in [0.1, 0.15) is 5.82 Å². The number of nitrogens with zero attached hydrogens (tertiary/aromatic N) is 1. The molecule has 0 bridgehead atoms. The van der Waals surface area contributed by atoms with Crippen LogP contribution in [0, 0.1) is 6.92 Å². The molecule has 1 heterocycles. The normalized spacial score (nSPS) is 9.86. The molecule has 1 aromatic heterocycles. The lowest BCUT2D eigenvalue weighted by Gasteiger charge is -2.05. The third-order valence-electron chi connectivity index (χ3n) is 1.77. The first-order valence-electron chi connectivity index (χ1n) is 4.30. The van der Waals surface area contributed by atoms with Gasteiger partial charge in [0.25, 0.3) is 0 Å². The maximum absolute atomic E-state index is 10.7. The highest BCUT2D eigenvalue weighted by Gasteiger charge is 2.07. The molecule has 4 N–H and O–H groups in total. The van der Waals surface area contributed by atoms with Crippen LogP contribution in [-0.2, 0) is 0 Å². The number of rotatable bonds is 4. The first-order valence-corrected chi connectivity index (χ1v) is 4.30. The van der Waals surface area contributed by atoms with Gasteiger partial charge in [-0.15, -0.1) is 0 Å². The van der Waals surface area contributed by atoms with E-state index in [9.17, 15) is 4.79 Å². The molecular weight excluding hydrogens is 182 g/mol. The molecule has 0 aliphatic carbocycles. The second kappa shape index (κ2) is 4.57. The van der Waals surface area contributed by atoms with Crippen LogP contribution in [0.1, 0.15) is 16.1 Å². The smallest absolute Gasteiger partial charge is 0.337 e. The molecule has 0 spiro atoms. The minimum absolute atomic E-state index is 0.225. The van der Waals surface area contributed by atoms with Gasteiger partial charge in [0, 0.05) is 13.1 Å². The van der Waals surface area contributed by atoms with Crippen molar-refractivity contribution in [2.24, 2.45) is 5.73 Å². The zero-order valence-corrected chi connectivity index (χ0v) is 7.95. The van der Waals surface area contributed by atoms with Gasteiger partial charge in [-0.1, -0.05) is 0 Å². The van der Waals surface area contributed by atoms with Crippen LogP contribution in [0.5, 0.6) is 0 Å². The third-order valence-corrected chi connectivity index (χ3v) is 1.77. The van der Waals surface area contributed by atoms with Gasteiger partial charge in [-0.25, -0.2) is 9.78 Å². The number of hydrogen-bond donors (Lipinski definition) is 3. The summed E-state index contributed by atoms with van der Waals surface area (Å²) in [6.07, 6.45) is 0. The number of aromatic carboxylic acids is 1. The third kappa shape index (κ3) is 2.43. The van der Waals surface area contributed by atoms with Gasteiger partial charge in [0.2, 0.25) is 0 Å². The minimum atomic E-state index is -0.958. The minimum Gasteiger partial charge on any atom is -0.478 e. The summed E-state index contributed by atoms with van der Waals surface area (Å²) >= 11 is 0. The lowest BCUT2D eigenvalue weighted by molar-refractivity contribution is 0.0695. The van der Waals surface area contributed by atoms with E-state index in [0.29, 0.717) is 24.6 Å². The Morgan fingerprint density at radius 2 is 2.36 bits per heavy atom. The number of nitrogens with one attached hydrogen (secondary N) is 1. The fourth-order valence-corrected chi connectivity index (χ4v) is 1.09. The molecule has 0 atom stereocenters. The van der Waals surface area contributed by atoms with Crippen LogP contribution < -0.4 is 11.1 Å². The van der Waals surface area contributed by atoms with Crippen LogP contribution in [0.2, 0.25) is 0 Å². The summed E-state index contributed by atoms with van der Waals surface area (Å²) in [6.45, 7) is 2.80. The average molecular weight is 195 g/mol. The molecule has 0 amide bonds. The average Bonchev–Trinajstić information content (AvgIpc) is 2.14. The quantitative estimate of drug-likeness (QED) is 0.649. The first kappa shape index (κ1) is 10.5. The molecule has 0 fully saturated rings. The molecule has 0 aliphatic heterocycles. The van der Waals surface area contributed by atoms with Crippen molar-refractivity contribution < 1.29 is 9.90 Å². The van der Waals surface area contributed by atoms with Gasteiger partial charge in [0.15, 0.2) is 0 Å². The number of hydrogen-bond acceptors (Lipinski definition) is 4. The number of carboxylic acid groups (broad SMARTS) is 1. The van der Waals surface area contributed by atoms with Crippen molar-refractivity contribution in [2.45, 2.75) is 6.92 Å². The summed E-state index contributed by atoms with van der Waals surface area (Å²) in [7, 11) is 0. The summed E-state index contributed by atoms with van der Waals surface area (Å²) in [5.74, 6) is -0.307. The van der Waals surface area contributed by atoms with Gasteiger partial charge in [0.05, 0.1) is 11.3 Å². The van der Waals surface area contributed by atoms with Crippen LogP contribution in [0.15, 0.2) is 12.1 Å². The molecule has 5 heteroatoms. The number of carbonyl (C=O) groups is 1. The number of anilines is 1. The highest BCUT2D eigenvalue weighted by molar-refractivity contribution is 5.88. The van der Waals surface area contributed by atoms with Crippen LogP contribution in [0.25, 0.3) is 0 Å². The van der Waals surface area contributed by atoms with Crippen molar-refractivity contribution in [3.63, 3.8) is 0 Å². The standard InChI is InChI=1S/C9H13N3O2/c1-6-7(9(13)14)2-3-8(12-6)11-5-4-10/h2-3H,4-5,10H2,1H3,(H,11,12)(H,13,14). The molecule has 0 saturated carbocycles. The van der Waals surface area contributed by atoms with Gasteiger partial charge in [-0.2, -0.15) is 0 Å². The zero-order chi connectivity index (χ0) is 10.6. The lowest BCUT2D eigenvalue weighted by atomic mass is 10.2. The fourth-order valence-electron chi connectivity index (χ4n) is 1.09. The van der Waals surface area contributed by atoms with Gasteiger partial charge >= 0.3 is 5.97 Å². The summed E-state index contributed by atoms with van der Waals surface area (Å²) in [5.41, 5.74) is 6.03. The van der Waals surface area contributed by atoms with Crippen molar-refractivity contribution in [2.75, 3.05) is 18.4 Å². The maximum atomic E-state index is 10.7.